The topological polar surface area (TPSA) is 108 Å². The molecule has 0 saturated carbocycles. The summed E-state index contributed by atoms with van der Waals surface area (Å²) in [6.45, 7) is 1.63. The van der Waals surface area contributed by atoms with Crippen LogP contribution in [-0.4, -0.2) is 70.7 Å². The van der Waals surface area contributed by atoms with Crippen molar-refractivity contribution in [2.24, 2.45) is 5.41 Å². The Balaban J connectivity index is 1.71. The van der Waals surface area contributed by atoms with Crippen molar-refractivity contribution in [2.45, 2.75) is 25.6 Å². The number of allylic oxidation sites excluding steroid dienone is 1. The van der Waals surface area contributed by atoms with E-state index in [-0.39, 0.29) is 5.41 Å². The number of H-pyrrole nitrogens is 1. The maximum Gasteiger partial charge on any atom is 0.408 e. The molecule has 0 aromatic carbocycles. The minimum absolute atomic E-state index is 0.176. The fraction of sp³-hybridized carbons (Fsp3) is 0.455. The number of alkyl halides is 3. The fourth-order valence-corrected chi connectivity index (χ4v) is 4.68. The van der Waals surface area contributed by atoms with E-state index in [0.29, 0.717) is 52.6 Å². The summed E-state index contributed by atoms with van der Waals surface area (Å²) in [5.74, 6) is 0. The second-order valence-corrected chi connectivity index (χ2v) is 8.79. The van der Waals surface area contributed by atoms with Crippen molar-refractivity contribution in [3.8, 4) is 11.4 Å². The van der Waals surface area contributed by atoms with Gasteiger partial charge in [0, 0.05) is 38.0 Å². The molecule has 0 aliphatic carbocycles. The number of rotatable bonds is 6. The van der Waals surface area contributed by atoms with Crippen molar-refractivity contribution in [3.05, 3.63) is 30.1 Å². The molecule has 0 atom stereocenters. The molecule has 3 N–H and O–H groups in total. The van der Waals surface area contributed by atoms with Crippen LogP contribution in [0.5, 0.6) is 0 Å². The van der Waals surface area contributed by atoms with Crippen LogP contribution in [0.2, 0.25) is 0 Å². The molecule has 12 heteroatoms. The minimum Gasteiger partial charge on any atom is -0.386 e. The smallest absolute Gasteiger partial charge is 0.386 e. The zero-order valence-electron chi connectivity index (χ0n) is 18.6. The average Bonchev–Trinajstić information content (AvgIpc) is 3.43. The van der Waals surface area contributed by atoms with Gasteiger partial charge in [0.05, 0.1) is 36.0 Å². The molecule has 0 amide bonds. The van der Waals surface area contributed by atoms with Crippen molar-refractivity contribution >= 4 is 28.6 Å². The van der Waals surface area contributed by atoms with Crippen LogP contribution in [0.25, 0.3) is 28.1 Å². The van der Waals surface area contributed by atoms with Crippen LogP contribution < -0.4 is 10.2 Å². The van der Waals surface area contributed by atoms with Crippen LogP contribution in [0.4, 0.5) is 18.9 Å². The second kappa shape index (κ2) is 8.42. The zero-order chi connectivity index (χ0) is 23.9. The Hall–Kier alpha value is -3.41. The predicted octanol–water partition coefficient (Wildman–Crippen LogP) is 3.21. The van der Waals surface area contributed by atoms with Crippen LogP contribution in [0.1, 0.15) is 18.5 Å². The Bertz CT molecular complexity index is 1220. The number of anilines is 1. The molecule has 5 rings (SSSR count). The lowest BCUT2D eigenvalue weighted by molar-refractivity contribution is -0.141. The number of piperidine rings is 1. The highest BCUT2D eigenvalue weighted by molar-refractivity contribution is 5.99. The number of nitrogens with one attached hydrogen (secondary N) is 3. The Kier molecular flexibility index (Phi) is 5.54. The maximum absolute atomic E-state index is 13.5. The quantitative estimate of drug-likeness (QED) is 0.474. The number of aromatic amines is 1. The monoisotopic (exact) mass is 474 g/mol. The molecule has 9 nitrogen and oxygen atoms in total. The van der Waals surface area contributed by atoms with Crippen molar-refractivity contribution in [1.29, 1.82) is 5.41 Å². The Morgan fingerprint density at radius 1 is 1.32 bits per heavy atom. The van der Waals surface area contributed by atoms with E-state index in [0.717, 1.165) is 37.0 Å². The van der Waals surface area contributed by atoms with Gasteiger partial charge in [-0.3, -0.25) is 9.78 Å². The second-order valence-electron chi connectivity index (χ2n) is 8.79. The summed E-state index contributed by atoms with van der Waals surface area (Å²) in [6.07, 6.45) is 1.58. The van der Waals surface area contributed by atoms with Gasteiger partial charge in [-0.15, -0.1) is 0 Å². The van der Waals surface area contributed by atoms with Gasteiger partial charge in [0.2, 0.25) is 0 Å². The number of pyridine rings is 1. The van der Waals surface area contributed by atoms with Crippen molar-refractivity contribution < 1.29 is 17.9 Å². The van der Waals surface area contributed by atoms with Gasteiger partial charge in [-0.05, 0) is 31.1 Å². The number of fused-ring (bicyclic) bond motifs is 1. The lowest BCUT2D eigenvalue weighted by Gasteiger charge is -2.48. The highest BCUT2D eigenvalue weighted by atomic mass is 19.4. The first-order valence-corrected chi connectivity index (χ1v) is 11.0. The molecule has 0 radical (unpaired) electrons. The van der Waals surface area contributed by atoms with E-state index in [2.05, 4.69) is 25.5 Å². The summed E-state index contributed by atoms with van der Waals surface area (Å²) >= 11 is 0. The Morgan fingerprint density at radius 3 is 2.65 bits per heavy atom. The number of hydrogen-bond acceptors (Lipinski definition) is 7. The van der Waals surface area contributed by atoms with Crippen molar-refractivity contribution in [3.63, 3.8) is 0 Å². The Labute approximate surface area is 193 Å². The minimum atomic E-state index is -4.45. The highest BCUT2D eigenvalue weighted by Crippen LogP contribution is 2.42. The molecule has 0 bridgehead atoms. The van der Waals surface area contributed by atoms with Gasteiger partial charge in [0.15, 0.2) is 0 Å². The number of halogens is 3. The van der Waals surface area contributed by atoms with Crippen LogP contribution in [-0.2, 0) is 11.3 Å². The molecule has 2 aliphatic rings. The van der Waals surface area contributed by atoms with Gasteiger partial charge >= 0.3 is 6.18 Å². The highest BCUT2D eigenvalue weighted by Gasteiger charge is 2.42. The molecular formula is C22H25F3N8O. The van der Waals surface area contributed by atoms with Gasteiger partial charge in [0.25, 0.3) is 0 Å². The lowest BCUT2D eigenvalue weighted by atomic mass is 9.77. The molecule has 3 aromatic heterocycles. The first kappa shape index (κ1) is 22.4. The van der Waals surface area contributed by atoms with Gasteiger partial charge < -0.3 is 20.4 Å². The molecular weight excluding hydrogens is 449 g/mol. The summed E-state index contributed by atoms with van der Waals surface area (Å²) in [5, 5.41) is 21.6. The molecule has 2 fully saturated rings. The summed E-state index contributed by atoms with van der Waals surface area (Å²) in [4.78, 5) is 6.81. The summed E-state index contributed by atoms with van der Waals surface area (Å²) in [5.41, 5.74) is 3.37. The summed E-state index contributed by atoms with van der Waals surface area (Å²) in [6, 6.07) is 3.44. The number of ether oxygens (including phenoxy) is 1. The molecule has 2 saturated heterocycles. The standard InChI is InChI=1S/C22H25F3N8O/c1-27-14(2-6-26)16-10-17(32-8-4-21(5-9-32)12-34-13-21)20-19(29-16)18(15-3-7-28-30-15)31-33(20)11-22(23,24)25/h2-3,6-7,10,26-27H,4-5,8-9,11-13H2,1H3,(H,28,30)/b14-2-,26-6?. The maximum atomic E-state index is 13.5. The molecule has 1 spiro atoms. The lowest BCUT2D eigenvalue weighted by Crippen LogP contribution is -2.51. The van der Waals surface area contributed by atoms with Gasteiger partial charge in [-0.1, -0.05) is 0 Å². The third-order valence-electron chi connectivity index (χ3n) is 6.54. The molecule has 34 heavy (non-hydrogen) atoms. The SMILES string of the molecule is CN/C(=C\C=N)c1cc(N2CCC3(CC2)COC3)c2c(n1)c(-c1ccn[nH]1)nn2CC(F)(F)F. The van der Waals surface area contributed by atoms with Crippen molar-refractivity contribution in [2.75, 3.05) is 38.3 Å². The number of nitrogens with zero attached hydrogens (tertiary/aromatic N) is 5. The summed E-state index contributed by atoms with van der Waals surface area (Å²) < 4.78 is 47.0. The van der Waals surface area contributed by atoms with E-state index in [1.807, 2.05) is 0 Å². The van der Waals surface area contributed by atoms with Gasteiger partial charge in [0.1, 0.15) is 23.3 Å². The van der Waals surface area contributed by atoms with E-state index in [9.17, 15) is 13.2 Å². The van der Waals surface area contributed by atoms with E-state index >= 15 is 0 Å². The van der Waals surface area contributed by atoms with Gasteiger partial charge in [-0.25, -0.2) is 4.98 Å². The number of aromatic nitrogens is 5. The van der Waals surface area contributed by atoms with Crippen LogP contribution in [0.3, 0.4) is 0 Å². The molecule has 0 unspecified atom stereocenters. The van der Waals surface area contributed by atoms with E-state index in [1.165, 1.54) is 6.20 Å². The normalized spacial score (nSPS) is 18.4. The van der Waals surface area contributed by atoms with Crippen molar-refractivity contribution in [1.82, 2.24) is 30.3 Å². The largest absolute Gasteiger partial charge is 0.408 e. The van der Waals surface area contributed by atoms with E-state index in [1.54, 1.807) is 25.3 Å². The van der Waals surface area contributed by atoms with Crippen LogP contribution >= 0.6 is 0 Å². The predicted molar refractivity (Wildman–Crippen MR) is 122 cm³/mol. The fourth-order valence-electron chi connectivity index (χ4n) is 4.68. The average molecular weight is 474 g/mol. The van der Waals surface area contributed by atoms with E-state index < -0.39 is 12.7 Å². The third kappa shape index (κ3) is 4.02. The van der Waals surface area contributed by atoms with Gasteiger partial charge in [-0.2, -0.15) is 23.4 Å². The zero-order valence-corrected chi connectivity index (χ0v) is 18.6. The molecule has 5 heterocycles. The number of hydrogen-bond donors (Lipinski definition) is 3. The Morgan fingerprint density at radius 2 is 2.09 bits per heavy atom. The first-order valence-electron chi connectivity index (χ1n) is 11.0. The molecule has 180 valence electrons. The summed E-state index contributed by atoms with van der Waals surface area (Å²) in [7, 11) is 1.71. The third-order valence-corrected chi connectivity index (χ3v) is 6.54. The van der Waals surface area contributed by atoms with E-state index in [4.69, 9.17) is 15.1 Å². The van der Waals surface area contributed by atoms with Crippen LogP contribution in [0, 0.1) is 10.8 Å². The first-order chi connectivity index (χ1) is 16.3. The molecule has 3 aromatic rings. The molecule has 2 aliphatic heterocycles. The van der Waals surface area contributed by atoms with Crippen LogP contribution in [0.15, 0.2) is 24.4 Å².